The quantitative estimate of drug-likeness (QED) is 0.312. The second-order valence-electron chi connectivity index (χ2n) is 4.86. The Kier molecular flexibility index (Phi) is 5.02. The third kappa shape index (κ3) is 4.29. The lowest BCUT2D eigenvalue weighted by Gasteiger charge is -2.21. The lowest BCUT2D eigenvalue weighted by Crippen LogP contribution is -2.36. The number of ether oxygens (including phenoxy) is 3. The highest BCUT2D eigenvalue weighted by molar-refractivity contribution is 5.69. The van der Waals surface area contributed by atoms with Gasteiger partial charge < -0.3 is 14.2 Å². The molecule has 1 aliphatic heterocycles. The van der Waals surface area contributed by atoms with Gasteiger partial charge in [0.2, 0.25) is 6.54 Å². The van der Waals surface area contributed by atoms with Crippen molar-refractivity contribution in [1.29, 1.82) is 0 Å². The standard InChI is InChI=1S/C12H19NO6/c1-5-9-11(19-12(2,3)18-9)8(7-13(15)16)6-10(14)17-4/h5,8-9,11H,1,6-7H2,2-4H3/t8-,9-,11-/m1/s1. The highest BCUT2D eigenvalue weighted by atomic mass is 16.8. The fourth-order valence-corrected chi connectivity index (χ4v) is 2.14. The van der Waals surface area contributed by atoms with Crippen LogP contribution in [0.25, 0.3) is 0 Å². The van der Waals surface area contributed by atoms with E-state index in [9.17, 15) is 14.9 Å². The van der Waals surface area contributed by atoms with Crippen LogP contribution in [-0.2, 0) is 19.0 Å². The predicted molar refractivity (Wildman–Crippen MR) is 66.0 cm³/mol. The third-order valence-corrected chi connectivity index (χ3v) is 2.90. The van der Waals surface area contributed by atoms with Crippen LogP contribution in [0.1, 0.15) is 20.3 Å². The summed E-state index contributed by atoms with van der Waals surface area (Å²) in [6.45, 7) is 6.67. The largest absolute Gasteiger partial charge is 0.469 e. The van der Waals surface area contributed by atoms with E-state index in [-0.39, 0.29) is 13.0 Å². The van der Waals surface area contributed by atoms with Crippen LogP contribution in [0.4, 0.5) is 0 Å². The molecule has 7 heteroatoms. The van der Waals surface area contributed by atoms with E-state index in [2.05, 4.69) is 11.3 Å². The molecule has 0 aromatic rings. The molecule has 0 unspecified atom stereocenters. The van der Waals surface area contributed by atoms with Crippen molar-refractivity contribution in [2.24, 2.45) is 5.92 Å². The molecule has 0 aromatic heterocycles. The van der Waals surface area contributed by atoms with Crippen LogP contribution >= 0.6 is 0 Å². The fourth-order valence-electron chi connectivity index (χ4n) is 2.14. The Balaban J connectivity index is 2.86. The van der Waals surface area contributed by atoms with E-state index in [0.717, 1.165) is 0 Å². The molecule has 19 heavy (non-hydrogen) atoms. The number of rotatable bonds is 6. The van der Waals surface area contributed by atoms with E-state index in [1.165, 1.54) is 13.2 Å². The normalized spacial score (nSPS) is 26.7. The Morgan fingerprint density at radius 2 is 2.21 bits per heavy atom. The summed E-state index contributed by atoms with van der Waals surface area (Å²) in [6, 6.07) is 0. The van der Waals surface area contributed by atoms with Gasteiger partial charge in [-0.05, 0) is 13.8 Å². The summed E-state index contributed by atoms with van der Waals surface area (Å²) in [4.78, 5) is 21.6. The van der Waals surface area contributed by atoms with Crippen molar-refractivity contribution in [2.45, 2.75) is 38.3 Å². The summed E-state index contributed by atoms with van der Waals surface area (Å²) in [7, 11) is 1.24. The number of hydrogen-bond acceptors (Lipinski definition) is 6. The maximum absolute atomic E-state index is 11.3. The molecule has 1 aliphatic rings. The Labute approximate surface area is 111 Å². The smallest absolute Gasteiger partial charge is 0.306 e. The van der Waals surface area contributed by atoms with Crippen molar-refractivity contribution in [3.63, 3.8) is 0 Å². The van der Waals surface area contributed by atoms with Gasteiger partial charge in [0.1, 0.15) is 12.2 Å². The number of carbonyl (C=O) groups is 1. The van der Waals surface area contributed by atoms with Gasteiger partial charge in [-0.3, -0.25) is 14.9 Å². The zero-order valence-electron chi connectivity index (χ0n) is 11.3. The summed E-state index contributed by atoms with van der Waals surface area (Å²) in [5, 5.41) is 10.7. The van der Waals surface area contributed by atoms with Crippen molar-refractivity contribution >= 4 is 5.97 Å². The van der Waals surface area contributed by atoms with Gasteiger partial charge in [0.25, 0.3) is 0 Å². The van der Waals surface area contributed by atoms with Crippen LogP contribution in [0.5, 0.6) is 0 Å². The van der Waals surface area contributed by atoms with Crippen LogP contribution in [0.2, 0.25) is 0 Å². The lowest BCUT2D eigenvalue weighted by atomic mass is 9.94. The maximum atomic E-state index is 11.3. The summed E-state index contributed by atoms with van der Waals surface area (Å²) >= 11 is 0. The lowest BCUT2D eigenvalue weighted by molar-refractivity contribution is -0.490. The molecule has 3 atom stereocenters. The summed E-state index contributed by atoms with van der Waals surface area (Å²) in [5.74, 6) is -1.98. The zero-order chi connectivity index (χ0) is 14.6. The Morgan fingerprint density at radius 1 is 1.58 bits per heavy atom. The van der Waals surface area contributed by atoms with Crippen LogP contribution in [0.15, 0.2) is 12.7 Å². The van der Waals surface area contributed by atoms with Crippen LogP contribution in [0, 0.1) is 16.0 Å². The van der Waals surface area contributed by atoms with Gasteiger partial charge >= 0.3 is 5.97 Å². The first-order chi connectivity index (χ1) is 8.79. The van der Waals surface area contributed by atoms with Crippen LogP contribution in [-0.4, -0.2) is 42.5 Å². The Hall–Kier alpha value is -1.47. The van der Waals surface area contributed by atoms with Gasteiger partial charge in [0.05, 0.1) is 19.4 Å². The van der Waals surface area contributed by atoms with Crippen molar-refractivity contribution < 1.29 is 23.9 Å². The van der Waals surface area contributed by atoms with Crippen molar-refractivity contribution in [3.8, 4) is 0 Å². The molecule has 0 spiro atoms. The molecule has 0 N–H and O–H groups in total. The number of carbonyl (C=O) groups excluding carboxylic acids is 1. The van der Waals surface area contributed by atoms with Crippen molar-refractivity contribution in [2.75, 3.05) is 13.7 Å². The number of nitrogens with zero attached hydrogens (tertiary/aromatic N) is 1. The number of hydrogen-bond donors (Lipinski definition) is 0. The Bertz CT molecular complexity index is 367. The molecule has 1 fully saturated rings. The van der Waals surface area contributed by atoms with E-state index >= 15 is 0 Å². The minimum absolute atomic E-state index is 0.0913. The van der Waals surface area contributed by atoms with E-state index in [1.807, 2.05) is 0 Å². The third-order valence-electron chi connectivity index (χ3n) is 2.90. The molecule has 0 saturated carbocycles. The average Bonchev–Trinajstić information content (AvgIpc) is 2.63. The second-order valence-corrected chi connectivity index (χ2v) is 4.86. The molecular formula is C12H19NO6. The molecule has 0 amide bonds. The molecule has 0 radical (unpaired) electrons. The number of methoxy groups -OCH3 is 1. The van der Waals surface area contributed by atoms with Gasteiger partial charge in [-0.15, -0.1) is 6.58 Å². The SMILES string of the molecule is C=C[C@H]1OC(C)(C)O[C@@H]1[C@H](CC(=O)OC)C[N+](=O)[O-]. The van der Waals surface area contributed by atoms with Gasteiger partial charge in [0.15, 0.2) is 5.79 Å². The first kappa shape index (κ1) is 15.6. The van der Waals surface area contributed by atoms with E-state index < -0.39 is 34.8 Å². The highest BCUT2D eigenvalue weighted by Crippen LogP contribution is 2.34. The molecule has 1 heterocycles. The first-order valence-corrected chi connectivity index (χ1v) is 5.96. The Morgan fingerprint density at radius 3 is 2.68 bits per heavy atom. The minimum Gasteiger partial charge on any atom is -0.469 e. The molecular weight excluding hydrogens is 254 g/mol. The van der Waals surface area contributed by atoms with Gasteiger partial charge in [0, 0.05) is 4.92 Å². The molecule has 0 aromatic carbocycles. The van der Waals surface area contributed by atoms with Gasteiger partial charge in [-0.25, -0.2) is 0 Å². The summed E-state index contributed by atoms with van der Waals surface area (Å²) < 4.78 is 15.8. The monoisotopic (exact) mass is 273 g/mol. The molecule has 1 saturated heterocycles. The van der Waals surface area contributed by atoms with Crippen molar-refractivity contribution in [3.05, 3.63) is 22.8 Å². The minimum atomic E-state index is -0.853. The summed E-state index contributed by atoms with van der Waals surface area (Å²) in [5.41, 5.74) is 0. The molecule has 0 bridgehead atoms. The molecule has 7 nitrogen and oxygen atoms in total. The second kappa shape index (κ2) is 6.12. The topological polar surface area (TPSA) is 87.9 Å². The fraction of sp³-hybridized carbons (Fsp3) is 0.750. The highest BCUT2D eigenvalue weighted by Gasteiger charge is 2.45. The van der Waals surface area contributed by atoms with Crippen molar-refractivity contribution in [1.82, 2.24) is 0 Å². The number of esters is 1. The predicted octanol–water partition coefficient (Wildman–Crippen LogP) is 1.15. The van der Waals surface area contributed by atoms with E-state index in [0.29, 0.717) is 0 Å². The van der Waals surface area contributed by atoms with E-state index in [1.54, 1.807) is 13.8 Å². The molecule has 1 rings (SSSR count). The van der Waals surface area contributed by atoms with Crippen LogP contribution < -0.4 is 0 Å². The average molecular weight is 273 g/mol. The maximum Gasteiger partial charge on any atom is 0.306 e. The number of nitro groups is 1. The first-order valence-electron chi connectivity index (χ1n) is 5.96. The summed E-state index contributed by atoms with van der Waals surface area (Å²) in [6.07, 6.45) is 0.372. The van der Waals surface area contributed by atoms with E-state index in [4.69, 9.17) is 9.47 Å². The molecule has 108 valence electrons. The van der Waals surface area contributed by atoms with Gasteiger partial charge in [-0.2, -0.15) is 0 Å². The zero-order valence-corrected chi connectivity index (χ0v) is 11.3. The van der Waals surface area contributed by atoms with Gasteiger partial charge in [-0.1, -0.05) is 6.08 Å². The molecule has 0 aliphatic carbocycles. The van der Waals surface area contributed by atoms with Crippen LogP contribution in [0.3, 0.4) is 0 Å².